The predicted octanol–water partition coefficient (Wildman–Crippen LogP) is 3.05. The first-order valence-electron chi connectivity index (χ1n) is 8.67. The third-order valence-electron chi connectivity index (χ3n) is 4.51. The minimum Gasteiger partial charge on any atom is -0.481 e. The van der Waals surface area contributed by atoms with Crippen molar-refractivity contribution in [3.8, 4) is 0 Å². The lowest BCUT2D eigenvalue weighted by Gasteiger charge is -2.39. The summed E-state index contributed by atoms with van der Waals surface area (Å²) in [5.74, 6) is -1.39. The van der Waals surface area contributed by atoms with Crippen LogP contribution in [0.5, 0.6) is 0 Å². The fraction of sp³-hybridized carbons (Fsp3) is 0.556. The Morgan fingerprint density at radius 2 is 2.15 bits per heavy atom. The molecule has 1 aliphatic heterocycles. The van der Waals surface area contributed by atoms with E-state index >= 15 is 0 Å². The molecule has 1 heterocycles. The molecule has 1 fully saturated rings. The summed E-state index contributed by atoms with van der Waals surface area (Å²) in [4.78, 5) is 37.7. The molecule has 0 bridgehead atoms. The summed E-state index contributed by atoms with van der Waals surface area (Å²) in [5.41, 5.74) is -1.08. The molecular weight excluding hydrogens is 372 g/mol. The van der Waals surface area contributed by atoms with Gasteiger partial charge in [-0.15, -0.1) is 11.8 Å². The normalized spacial score (nSPS) is 19.9. The smallest absolute Gasteiger partial charge is 0.313 e. The molecule has 0 aromatic heterocycles. The molecule has 2 rings (SSSR count). The van der Waals surface area contributed by atoms with Crippen molar-refractivity contribution < 1.29 is 24.4 Å². The molecule has 148 valence electrons. The zero-order valence-corrected chi connectivity index (χ0v) is 16.5. The monoisotopic (exact) mass is 396 g/mol. The van der Waals surface area contributed by atoms with E-state index in [1.54, 1.807) is 6.07 Å². The van der Waals surface area contributed by atoms with Gasteiger partial charge in [-0.05, 0) is 18.9 Å². The number of thioether (sulfide) groups is 1. The molecular formula is C18H24N2O6S. The second-order valence-corrected chi connectivity index (χ2v) is 8.57. The average molecular weight is 396 g/mol. The topological polar surface area (TPSA) is 110 Å². The molecule has 0 saturated carbocycles. The number of nitro benzene ring substituents is 1. The molecule has 27 heavy (non-hydrogen) atoms. The summed E-state index contributed by atoms with van der Waals surface area (Å²) in [6, 6.07) is 4.24. The lowest BCUT2D eigenvalue weighted by atomic mass is 9.80. The summed E-state index contributed by atoms with van der Waals surface area (Å²) < 4.78 is 5.09. The molecule has 1 amide bonds. The van der Waals surface area contributed by atoms with Gasteiger partial charge in [0.15, 0.2) is 0 Å². The van der Waals surface area contributed by atoms with Crippen molar-refractivity contribution in [1.82, 2.24) is 4.90 Å². The third-order valence-corrected chi connectivity index (χ3v) is 5.59. The van der Waals surface area contributed by atoms with Crippen molar-refractivity contribution in [3.63, 3.8) is 0 Å². The van der Waals surface area contributed by atoms with Crippen LogP contribution in [0.4, 0.5) is 5.69 Å². The van der Waals surface area contributed by atoms with E-state index in [1.165, 1.54) is 35.9 Å². The Bertz CT molecular complexity index is 735. The summed E-state index contributed by atoms with van der Waals surface area (Å²) in [7, 11) is 1.43. The van der Waals surface area contributed by atoms with Crippen LogP contribution in [-0.4, -0.2) is 58.9 Å². The summed E-state index contributed by atoms with van der Waals surface area (Å²) in [6.45, 7) is 4.37. The maximum atomic E-state index is 13.1. The van der Waals surface area contributed by atoms with Gasteiger partial charge in [-0.2, -0.15) is 0 Å². The number of carbonyl (C=O) groups is 2. The van der Waals surface area contributed by atoms with Crippen molar-refractivity contribution in [3.05, 3.63) is 33.9 Å². The van der Waals surface area contributed by atoms with Crippen molar-refractivity contribution >= 4 is 29.3 Å². The third kappa shape index (κ3) is 4.78. The van der Waals surface area contributed by atoms with Crippen LogP contribution in [0.1, 0.15) is 37.0 Å². The van der Waals surface area contributed by atoms with E-state index in [0.29, 0.717) is 24.3 Å². The van der Waals surface area contributed by atoms with Gasteiger partial charge < -0.3 is 14.7 Å². The first-order valence-corrected chi connectivity index (χ1v) is 9.55. The lowest BCUT2D eigenvalue weighted by molar-refractivity contribution is -0.384. The number of carboxylic acids is 1. The largest absolute Gasteiger partial charge is 0.481 e. The van der Waals surface area contributed by atoms with Crippen LogP contribution in [-0.2, 0) is 9.53 Å². The lowest BCUT2D eigenvalue weighted by Crippen LogP contribution is -2.52. The number of carboxylic acid groups (broad SMARTS) is 1. The Labute approximate surface area is 162 Å². The number of hydrogen-bond donors (Lipinski definition) is 1. The summed E-state index contributed by atoms with van der Waals surface area (Å²) >= 11 is 1.44. The second-order valence-electron chi connectivity index (χ2n) is 6.95. The van der Waals surface area contributed by atoms with E-state index < -0.39 is 16.3 Å². The number of nitrogens with zero attached hydrogens (tertiary/aromatic N) is 2. The predicted molar refractivity (Wildman–Crippen MR) is 101 cm³/mol. The van der Waals surface area contributed by atoms with Crippen molar-refractivity contribution in [2.75, 3.05) is 26.8 Å². The number of non-ortho nitro benzene ring substituents is 1. The van der Waals surface area contributed by atoms with Crippen molar-refractivity contribution in [2.24, 2.45) is 5.41 Å². The van der Waals surface area contributed by atoms with E-state index in [2.05, 4.69) is 0 Å². The fourth-order valence-electron chi connectivity index (χ4n) is 3.26. The quantitative estimate of drug-likeness (QED) is 0.428. The number of aliphatic carboxylic acids is 1. The minimum absolute atomic E-state index is 0.00858. The highest BCUT2D eigenvalue weighted by atomic mass is 32.2. The highest BCUT2D eigenvalue weighted by Gasteiger charge is 2.44. The molecule has 9 heteroatoms. The number of piperidine rings is 1. The van der Waals surface area contributed by atoms with Gasteiger partial charge in [-0.1, -0.05) is 13.8 Å². The first kappa shape index (κ1) is 21.2. The molecule has 1 unspecified atom stereocenters. The molecule has 0 radical (unpaired) electrons. The SMILES string of the molecule is COCC1(C(=O)O)CCCN(C(=O)c2cc([N+](=O)[O-])ccc2SC(C)C)C1. The molecule has 0 aliphatic carbocycles. The van der Waals surface area contributed by atoms with E-state index in [9.17, 15) is 24.8 Å². The number of hydrogen-bond acceptors (Lipinski definition) is 6. The highest BCUT2D eigenvalue weighted by Crippen LogP contribution is 2.34. The molecule has 1 aromatic rings. The molecule has 1 aromatic carbocycles. The molecule has 0 spiro atoms. The molecule has 8 nitrogen and oxygen atoms in total. The van der Waals surface area contributed by atoms with Crippen LogP contribution in [0.2, 0.25) is 0 Å². The van der Waals surface area contributed by atoms with E-state index in [4.69, 9.17) is 4.74 Å². The van der Waals surface area contributed by atoms with E-state index in [-0.39, 0.29) is 35.6 Å². The van der Waals surface area contributed by atoms with Crippen LogP contribution >= 0.6 is 11.8 Å². The van der Waals surface area contributed by atoms with Gasteiger partial charge in [0, 0.05) is 42.5 Å². The average Bonchev–Trinajstić information content (AvgIpc) is 2.61. The fourth-order valence-corrected chi connectivity index (χ4v) is 4.19. The van der Waals surface area contributed by atoms with Crippen molar-refractivity contribution in [2.45, 2.75) is 36.8 Å². The number of methoxy groups -OCH3 is 1. The number of carbonyl (C=O) groups excluding carboxylic acids is 1. The molecule has 1 N–H and O–H groups in total. The van der Waals surface area contributed by atoms with Crippen LogP contribution in [0, 0.1) is 15.5 Å². The Morgan fingerprint density at radius 3 is 2.70 bits per heavy atom. The van der Waals surface area contributed by atoms with Crippen LogP contribution in [0.3, 0.4) is 0 Å². The number of likely N-dealkylation sites (tertiary alicyclic amines) is 1. The number of amides is 1. The highest BCUT2D eigenvalue weighted by molar-refractivity contribution is 8.00. The second kappa shape index (κ2) is 8.71. The van der Waals surface area contributed by atoms with Crippen LogP contribution in [0.15, 0.2) is 23.1 Å². The maximum Gasteiger partial charge on any atom is 0.313 e. The Kier molecular flexibility index (Phi) is 6.83. The Morgan fingerprint density at radius 1 is 1.44 bits per heavy atom. The molecule has 1 saturated heterocycles. The van der Waals surface area contributed by atoms with Gasteiger partial charge in [0.1, 0.15) is 5.41 Å². The minimum atomic E-state index is -1.16. The standard InChI is InChI=1S/C18H24N2O6S/c1-12(2)27-15-6-5-13(20(24)25)9-14(15)16(21)19-8-4-7-18(10-19,11-26-3)17(22)23/h5-6,9,12H,4,7-8,10-11H2,1-3H3,(H,22,23). The molecule has 1 aliphatic rings. The van der Waals surface area contributed by atoms with Gasteiger partial charge >= 0.3 is 5.97 Å². The molecule has 1 atom stereocenters. The number of rotatable bonds is 7. The zero-order valence-electron chi connectivity index (χ0n) is 15.6. The Balaban J connectivity index is 2.38. The maximum absolute atomic E-state index is 13.1. The van der Waals surface area contributed by atoms with Crippen LogP contribution in [0.25, 0.3) is 0 Å². The van der Waals surface area contributed by atoms with Gasteiger partial charge in [0.05, 0.1) is 17.1 Å². The van der Waals surface area contributed by atoms with Gasteiger partial charge in [-0.3, -0.25) is 19.7 Å². The Hall–Kier alpha value is -2.13. The first-order chi connectivity index (χ1) is 12.7. The number of nitro groups is 1. The van der Waals surface area contributed by atoms with Gasteiger partial charge in [0.2, 0.25) is 0 Å². The number of ether oxygens (including phenoxy) is 1. The zero-order chi connectivity index (χ0) is 20.2. The summed E-state index contributed by atoms with van der Waals surface area (Å²) in [5, 5.41) is 21.0. The summed E-state index contributed by atoms with van der Waals surface area (Å²) in [6.07, 6.45) is 0.950. The van der Waals surface area contributed by atoms with Crippen LogP contribution < -0.4 is 0 Å². The van der Waals surface area contributed by atoms with Gasteiger partial charge in [-0.25, -0.2) is 0 Å². The number of benzene rings is 1. The van der Waals surface area contributed by atoms with Crippen molar-refractivity contribution in [1.29, 1.82) is 0 Å². The van der Waals surface area contributed by atoms with Gasteiger partial charge in [0.25, 0.3) is 11.6 Å². The van der Waals surface area contributed by atoms with E-state index in [1.807, 2.05) is 13.8 Å². The van der Waals surface area contributed by atoms with E-state index in [0.717, 1.165) is 0 Å².